The topological polar surface area (TPSA) is 72.0 Å². The molecule has 0 aromatic carbocycles. The molecule has 0 amide bonds. The van der Waals surface area contributed by atoms with Crippen LogP contribution in [0.5, 0.6) is 6.01 Å². The molecule has 2 rings (SSSR count). The second-order valence-electron chi connectivity index (χ2n) is 5.38. The molecule has 1 aliphatic carbocycles. The van der Waals surface area contributed by atoms with E-state index in [4.69, 9.17) is 4.74 Å². The molecular weight excluding hydrogens is 254 g/mol. The van der Waals surface area contributed by atoms with Gasteiger partial charge in [-0.1, -0.05) is 26.7 Å². The zero-order chi connectivity index (χ0) is 14.4. The highest BCUT2D eigenvalue weighted by atomic mass is 16.5. The summed E-state index contributed by atoms with van der Waals surface area (Å²) in [6, 6.07) is 0.826. The molecule has 0 saturated heterocycles. The Hall–Kier alpha value is -1.59. The first kappa shape index (κ1) is 14.8. The van der Waals surface area contributed by atoms with Crippen molar-refractivity contribution in [2.45, 2.75) is 52.0 Å². The number of aromatic nitrogens is 3. The fraction of sp³-hybridized carbons (Fsp3) is 0.786. The average Bonchev–Trinajstić information content (AvgIpc) is 2.47. The molecule has 1 fully saturated rings. The zero-order valence-corrected chi connectivity index (χ0v) is 12.6. The summed E-state index contributed by atoms with van der Waals surface area (Å²) in [5.74, 6) is 1.80. The van der Waals surface area contributed by atoms with E-state index < -0.39 is 0 Å². The van der Waals surface area contributed by atoms with E-state index in [0.717, 1.165) is 6.42 Å². The normalized spacial score (nSPS) is 22.4. The Kier molecular flexibility index (Phi) is 5.38. The van der Waals surface area contributed by atoms with Gasteiger partial charge >= 0.3 is 6.01 Å². The van der Waals surface area contributed by atoms with Crippen LogP contribution in [0.1, 0.15) is 46.0 Å². The Bertz CT molecular complexity index is 426. The van der Waals surface area contributed by atoms with Crippen molar-refractivity contribution in [3.05, 3.63) is 0 Å². The molecule has 0 spiro atoms. The summed E-state index contributed by atoms with van der Waals surface area (Å²) >= 11 is 0. The van der Waals surface area contributed by atoms with E-state index in [1.54, 1.807) is 7.05 Å². The number of rotatable bonds is 6. The number of anilines is 2. The Morgan fingerprint density at radius 2 is 1.90 bits per heavy atom. The van der Waals surface area contributed by atoms with Gasteiger partial charge in [-0.05, 0) is 25.2 Å². The molecule has 6 nitrogen and oxygen atoms in total. The molecule has 20 heavy (non-hydrogen) atoms. The highest BCUT2D eigenvalue weighted by molar-refractivity contribution is 5.36. The minimum atomic E-state index is 0.386. The highest BCUT2D eigenvalue weighted by Gasteiger charge is 2.22. The molecule has 0 bridgehead atoms. The Labute approximate surface area is 120 Å². The van der Waals surface area contributed by atoms with Gasteiger partial charge in [0.05, 0.1) is 6.61 Å². The monoisotopic (exact) mass is 279 g/mol. The predicted molar refractivity (Wildman–Crippen MR) is 80.2 cm³/mol. The molecule has 1 aromatic heterocycles. The van der Waals surface area contributed by atoms with E-state index >= 15 is 0 Å². The third-order valence-electron chi connectivity index (χ3n) is 3.70. The minimum absolute atomic E-state index is 0.386. The van der Waals surface area contributed by atoms with Gasteiger partial charge in [0, 0.05) is 13.1 Å². The Balaban J connectivity index is 2.08. The number of nitrogens with one attached hydrogen (secondary N) is 2. The lowest BCUT2D eigenvalue weighted by Gasteiger charge is -2.29. The van der Waals surface area contributed by atoms with Gasteiger partial charge in [-0.15, -0.1) is 0 Å². The Morgan fingerprint density at radius 1 is 1.15 bits per heavy atom. The first-order chi connectivity index (χ1) is 9.72. The van der Waals surface area contributed by atoms with Gasteiger partial charge in [-0.2, -0.15) is 15.0 Å². The molecule has 0 radical (unpaired) electrons. The fourth-order valence-corrected chi connectivity index (χ4v) is 2.49. The van der Waals surface area contributed by atoms with Crippen LogP contribution < -0.4 is 15.4 Å². The van der Waals surface area contributed by atoms with Crippen LogP contribution in [0.2, 0.25) is 0 Å². The van der Waals surface area contributed by atoms with E-state index in [1.165, 1.54) is 25.7 Å². The summed E-state index contributed by atoms with van der Waals surface area (Å²) < 4.78 is 5.51. The van der Waals surface area contributed by atoms with Gasteiger partial charge in [-0.3, -0.25) is 0 Å². The van der Waals surface area contributed by atoms with E-state index in [2.05, 4.69) is 39.4 Å². The van der Waals surface area contributed by atoms with Crippen LogP contribution in [0, 0.1) is 5.92 Å². The van der Waals surface area contributed by atoms with Crippen LogP contribution in [0.4, 0.5) is 11.9 Å². The van der Waals surface area contributed by atoms with E-state index in [1.807, 2.05) is 0 Å². The average molecular weight is 279 g/mol. The van der Waals surface area contributed by atoms with Crippen LogP contribution in [0.3, 0.4) is 0 Å². The molecule has 2 N–H and O–H groups in total. The van der Waals surface area contributed by atoms with Gasteiger partial charge < -0.3 is 15.4 Å². The van der Waals surface area contributed by atoms with Gasteiger partial charge in [0.25, 0.3) is 0 Å². The lowest BCUT2D eigenvalue weighted by Crippen LogP contribution is -2.31. The molecule has 112 valence electrons. The largest absolute Gasteiger partial charge is 0.463 e. The van der Waals surface area contributed by atoms with Gasteiger partial charge in [-0.25, -0.2) is 0 Å². The lowest BCUT2D eigenvalue weighted by molar-refractivity contribution is 0.291. The molecule has 0 aliphatic heterocycles. The second-order valence-corrected chi connectivity index (χ2v) is 5.38. The third-order valence-corrected chi connectivity index (χ3v) is 3.70. The maximum atomic E-state index is 5.51. The third kappa shape index (κ3) is 3.95. The van der Waals surface area contributed by atoms with E-state index in [0.29, 0.717) is 36.5 Å². The summed E-state index contributed by atoms with van der Waals surface area (Å²) in [7, 11) is 1.80. The molecule has 1 aliphatic rings. The number of hydrogen-bond donors (Lipinski definition) is 2. The SMILES string of the molecule is CCCOc1nc(NC)nc(NC2CCCCC2C)n1. The first-order valence-corrected chi connectivity index (χ1v) is 7.56. The molecule has 6 heteroatoms. The maximum absolute atomic E-state index is 5.51. The quantitative estimate of drug-likeness (QED) is 0.834. The molecular formula is C14H25N5O. The van der Waals surface area contributed by atoms with Crippen LogP contribution in [-0.2, 0) is 0 Å². The van der Waals surface area contributed by atoms with Crippen molar-refractivity contribution in [1.82, 2.24) is 15.0 Å². The van der Waals surface area contributed by atoms with E-state index in [9.17, 15) is 0 Å². The van der Waals surface area contributed by atoms with Crippen LogP contribution >= 0.6 is 0 Å². The minimum Gasteiger partial charge on any atom is -0.463 e. The van der Waals surface area contributed by atoms with Gasteiger partial charge in [0.2, 0.25) is 11.9 Å². The molecule has 2 atom stereocenters. The van der Waals surface area contributed by atoms with Crippen molar-refractivity contribution in [3.8, 4) is 6.01 Å². The van der Waals surface area contributed by atoms with Crippen LogP contribution in [-0.4, -0.2) is 34.6 Å². The molecule has 1 aromatic rings. The van der Waals surface area contributed by atoms with Crippen molar-refractivity contribution >= 4 is 11.9 Å². The summed E-state index contributed by atoms with van der Waals surface area (Å²) in [4.78, 5) is 12.9. The number of hydrogen-bond acceptors (Lipinski definition) is 6. The van der Waals surface area contributed by atoms with Crippen molar-refractivity contribution in [1.29, 1.82) is 0 Å². The molecule has 1 saturated carbocycles. The summed E-state index contributed by atoms with van der Waals surface area (Å²) in [5, 5.41) is 6.39. The van der Waals surface area contributed by atoms with E-state index in [-0.39, 0.29) is 0 Å². The zero-order valence-electron chi connectivity index (χ0n) is 12.6. The Morgan fingerprint density at radius 3 is 2.60 bits per heavy atom. The lowest BCUT2D eigenvalue weighted by atomic mass is 9.86. The summed E-state index contributed by atoms with van der Waals surface area (Å²) in [6.07, 6.45) is 5.96. The maximum Gasteiger partial charge on any atom is 0.323 e. The van der Waals surface area contributed by atoms with Crippen LogP contribution in [0.15, 0.2) is 0 Å². The standard InChI is InChI=1S/C14H25N5O/c1-4-9-20-14-18-12(15-3)17-13(19-14)16-11-8-6-5-7-10(11)2/h10-11H,4-9H2,1-3H3,(H2,15,16,17,18,19). The summed E-state index contributed by atoms with van der Waals surface area (Å²) in [6.45, 7) is 4.96. The first-order valence-electron chi connectivity index (χ1n) is 7.56. The van der Waals surface area contributed by atoms with Gasteiger partial charge in [0.15, 0.2) is 0 Å². The highest BCUT2D eigenvalue weighted by Crippen LogP contribution is 2.26. The number of nitrogens with zero attached hydrogens (tertiary/aromatic N) is 3. The van der Waals surface area contributed by atoms with Crippen molar-refractivity contribution in [3.63, 3.8) is 0 Å². The smallest absolute Gasteiger partial charge is 0.323 e. The second kappa shape index (κ2) is 7.26. The molecule has 2 unspecified atom stereocenters. The van der Waals surface area contributed by atoms with Crippen molar-refractivity contribution in [2.24, 2.45) is 5.92 Å². The predicted octanol–water partition coefficient (Wildman–Crippen LogP) is 2.69. The van der Waals surface area contributed by atoms with Gasteiger partial charge in [0.1, 0.15) is 0 Å². The van der Waals surface area contributed by atoms with Crippen LogP contribution in [0.25, 0.3) is 0 Å². The van der Waals surface area contributed by atoms with Crippen molar-refractivity contribution < 1.29 is 4.74 Å². The fourth-order valence-electron chi connectivity index (χ4n) is 2.49. The van der Waals surface area contributed by atoms with Crippen molar-refractivity contribution in [2.75, 3.05) is 24.3 Å². The number of ether oxygens (including phenoxy) is 1. The summed E-state index contributed by atoms with van der Waals surface area (Å²) in [5.41, 5.74) is 0. The molecule has 1 heterocycles.